The Balaban J connectivity index is 1.68. The van der Waals surface area contributed by atoms with Gasteiger partial charge in [-0.3, -0.25) is 14.8 Å². The number of amides is 1. The van der Waals surface area contributed by atoms with E-state index in [1.165, 1.54) is 6.42 Å². The summed E-state index contributed by atoms with van der Waals surface area (Å²) in [6, 6.07) is 0.0263. The van der Waals surface area contributed by atoms with Gasteiger partial charge in [0.1, 0.15) is 0 Å². The molecule has 1 atom stereocenters. The number of rotatable bonds is 3. The second-order valence-electron chi connectivity index (χ2n) is 6.34. The zero-order chi connectivity index (χ0) is 14.7. The standard InChI is InChI=1S/C16H23N3O2/c20-15(11-16(21)6-2-1-3-7-16)19-10-4-5-14(19)13-12-17-8-9-18-13/h8-9,12,14,21H,1-7,10-11H2/t14-/m0/s1. The molecule has 0 aromatic carbocycles. The van der Waals surface area contributed by atoms with Crippen molar-refractivity contribution in [2.75, 3.05) is 6.54 Å². The van der Waals surface area contributed by atoms with Gasteiger partial charge in [0.25, 0.3) is 0 Å². The monoisotopic (exact) mass is 289 g/mol. The van der Waals surface area contributed by atoms with Crippen LogP contribution in [0.15, 0.2) is 18.6 Å². The van der Waals surface area contributed by atoms with E-state index in [0.717, 1.165) is 50.8 Å². The number of aliphatic hydroxyl groups is 1. The van der Waals surface area contributed by atoms with E-state index in [-0.39, 0.29) is 18.4 Å². The number of carbonyl (C=O) groups is 1. The molecule has 1 saturated heterocycles. The van der Waals surface area contributed by atoms with Gasteiger partial charge in [-0.05, 0) is 25.7 Å². The topological polar surface area (TPSA) is 66.3 Å². The molecule has 2 heterocycles. The molecule has 1 aromatic heterocycles. The number of hydrogen-bond donors (Lipinski definition) is 1. The molecule has 5 nitrogen and oxygen atoms in total. The lowest BCUT2D eigenvalue weighted by atomic mass is 9.82. The molecule has 1 aromatic rings. The predicted octanol–water partition coefficient (Wildman–Crippen LogP) is 2.23. The third-order valence-corrected chi connectivity index (χ3v) is 4.76. The van der Waals surface area contributed by atoms with Gasteiger partial charge in [-0.25, -0.2) is 0 Å². The SMILES string of the molecule is O=C(CC1(O)CCCCC1)N1CCC[C@H]1c1cnccn1. The van der Waals surface area contributed by atoms with Crippen LogP contribution in [0, 0.1) is 0 Å². The van der Waals surface area contributed by atoms with E-state index in [0.29, 0.717) is 0 Å². The predicted molar refractivity (Wildman–Crippen MR) is 78.4 cm³/mol. The van der Waals surface area contributed by atoms with Crippen LogP contribution in [0.25, 0.3) is 0 Å². The van der Waals surface area contributed by atoms with E-state index in [9.17, 15) is 9.90 Å². The van der Waals surface area contributed by atoms with Gasteiger partial charge in [0.2, 0.25) is 5.91 Å². The van der Waals surface area contributed by atoms with Crippen LogP contribution in [-0.2, 0) is 4.79 Å². The molecule has 2 aliphatic rings. The van der Waals surface area contributed by atoms with E-state index < -0.39 is 5.60 Å². The van der Waals surface area contributed by atoms with Crippen LogP contribution in [0.3, 0.4) is 0 Å². The quantitative estimate of drug-likeness (QED) is 0.926. The van der Waals surface area contributed by atoms with Gasteiger partial charge in [0.15, 0.2) is 0 Å². The maximum atomic E-state index is 12.6. The molecule has 21 heavy (non-hydrogen) atoms. The first-order valence-corrected chi connectivity index (χ1v) is 7.96. The van der Waals surface area contributed by atoms with Crippen molar-refractivity contribution in [2.24, 2.45) is 0 Å². The van der Waals surface area contributed by atoms with Crippen molar-refractivity contribution in [3.63, 3.8) is 0 Å². The van der Waals surface area contributed by atoms with Crippen molar-refractivity contribution < 1.29 is 9.90 Å². The molecule has 1 saturated carbocycles. The summed E-state index contributed by atoms with van der Waals surface area (Å²) < 4.78 is 0. The first kappa shape index (κ1) is 14.4. The van der Waals surface area contributed by atoms with Crippen LogP contribution in [-0.4, -0.2) is 38.0 Å². The van der Waals surface area contributed by atoms with Gasteiger partial charge in [-0.15, -0.1) is 0 Å². The van der Waals surface area contributed by atoms with Crippen molar-refractivity contribution in [1.29, 1.82) is 0 Å². The van der Waals surface area contributed by atoms with E-state index in [4.69, 9.17) is 0 Å². The summed E-state index contributed by atoms with van der Waals surface area (Å²) >= 11 is 0. The van der Waals surface area contributed by atoms with Gasteiger partial charge in [-0.1, -0.05) is 19.3 Å². The Bertz CT molecular complexity index is 486. The Kier molecular flexibility index (Phi) is 4.19. The van der Waals surface area contributed by atoms with Crippen LogP contribution in [0.1, 0.15) is 63.1 Å². The van der Waals surface area contributed by atoms with Gasteiger partial charge in [-0.2, -0.15) is 0 Å². The molecule has 114 valence electrons. The zero-order valence-corrected chi connectivity index (χ0v) is 12.4. The number of carbonyl (C=O) groups excluding carboxylic acids is 1. The smallest absolute Gasteiger partial charge is 0.226 e. The number of likely N-dealkylation sites (tertiary alicyclic amines) is 1. The molecule has 0 bridgehead atoms. The van der Waals surface area contributed by atoms with Crippen molar-refractivity contribution in [3.8, 4) is 0 Å². The molecule has 1 N–H and O–H groups in total. The summed E-state index contributed by atoms with van der Waals surface area (Å²) in [5.74, 6) is 0.0625. The van der Waals surface area contributed by atoms with E-state index in [2.05, 4.69) is 9.97 Å². The maximum absolute atomic E-state index is 12.6. The molecular formula is C16H23N3O2. The molecule has 3 rings (SSSR count). The minimum atomic E-state index is -0.787. The van der Waals surface area contributed by atoms with Crippen LogP contribution < -0.4 is 0 Å². The number of hydrogen-bond acceptors (Lipinski definition) is 4. The van der Waals surface area contributed by atoms with Crippen LogP contribution in [0.2, 0.25) is 0 Å². The van der Waals surface area contributed by atoms with Gasteiger partial charge < -0.3 is 10.0 Å². The van der Waals surface area contributed by atoms with E-state index in [1.54, 1.807) is 18.6 Å². The molecule has 0 radical (unpaired) electrons. The summed E-state index contributed by atoms with van der Waals surface area (Å²) in [5.41, 5.74) is 0.0733. The third kappa shape index (κ3) is 3.23. The van der Waals surface area contributed by atoms with Crippen LogP contribution in [0.5, 0.6) is 0 Å². The van der Waals surface area contributed by atoms with Crippen molar-refractivity contribution >= 4 is 5.91 Å². The van der Waals surface area contributed by atoms with Crippen molar-refractivity contribution in [3.05, 3.63) is 24.3 Å². The minimum absolute atomic E-state index is 0.0263. The highest BCUT2D eigenvalue weighted by Gasteiger charge is 2.37. The van der Waals surface area contributed by atoms with E-state index >= 15 is 0 Å². The lowest BCUT2D eigenvalue weighted by molar-refractivity contribution is -0.138. The highest BCUT2D eigenvalue weighted by atomic mass is 16.3. The lowest BCUT2D eigenvalue weighted by Gasteiger charge is -2.34. The molecule has 1 amide bonds. The third-order valence-electron chi connectivity index (χ3n) is 4.76. The fourth-order valence-corrected chi connectivity index (χ4v) is 3.63. The first-order valence-electron chi connectivity index (χ1n) is 7.96. The number of nitrogens with zero attached hydrogens (tertiary/aromatic N) is 3. The van der Waals surface area contributed by atoms with Crippen LogP contribution >= 0.6 is 0 Å². The fraction of sp³-hybridized carbons (Fsp3) is 0.688. The second kappa shape index (κ2) is 6.10. The Hall–Kier alpha value is -1.49. The van der Waals surface area contributed by atoms with E-state index in [1.807, 2.05) is 4.90 Å². The molecule has 5 heteroatoms. The van der Waals surface area contributed by atoms with Gasteiger partial charge >= 0.3 is 0 Å². The minimum Gasteiger partial charge on any atom is -0.389 e. The Labute approximate surface area is 125 Å². The fourth-order valence-electron chi connectivity index (χ4n) is 3.63. The summed E-state index contributed by atoms with van der Waals surface area (Å²) in [6.07, 6.45) is 12.0. The highest BCUT2D eigenvalue weighted by molar-refractivity contribution is 5.78. The van der Waals surface area contributed by atoms with Gasteiger partial charge in [0.05, 0.1) is 30.0 Å². The molecule has 1 aliphatic heterocycles. The maximum Gasteiger partial charge on any atom is 0.226 e. The Morgan fingerprint density at radius 1 is 1.29 bits per heavy atom. The average Bonchev–Trinajstić information content (AvgIpc) is 2.98. The molecule has 0 unspecified atom stereocenters. The summed E-state index contributed by atoms with van der Waals surface area (Å²) in [7, 11) is 0. The summed E-state index contributed by atoms with van der Waals surface area (Å²) in [6.45, 7) is 0.760. The lowest BCUT2D eigenvalue weighted by Crippen LogP contribution is -2.40. The molecule has 0 spiro atoms. The summed E-state index contributed by atoms with van der Waals surface area (Å²) in [4.78, 5) is 22.9. The largest absolute Gasteiger partial charge is 0.389 e. The normalized spacial score (nSPS) is 25.0. The van der Waals surface area contributed by atoms with Crippen LogP contribution in [0.4, 0.5) is 0 Å². The molecule has 2 fully saturated rings. The van der Waals surface area contributed by atoms with Gasteiger partial charge in [0, 0.05) is 18.9 Å². The number of aromatic nitrogens is 2. The van der Waals surface area contributed by atoms with Crippen molar-refractivity contribution in [2.45, 2.75) is 63.0 Å². The zero-order valence-electron chi connectivity index (χ0n) is 12.4. The Morgan fingerprint density at radius 3 is 2.81 bits per heavy atom. The second-order valence-corrected chi connectivity index (χ2v) is 6.34. The molecular weight excluding hydrogens is 266 g/mol. The average molecular weight is 289 g/mol. The van der Waals surface area contributed by atoms with Crippen molar-refractivity contribution in [1.82, 2.24) is 14.9 Å². The Morgan fingerprint density at radius 2 is 2.10 bits per heavy atom. The molecule has 1 aliphatic carbocycles. The summed E-state index contributed by atoms with van der Waals surface area (Å²) in [5, 5.41) is 10.6. The first-order chi connectivity index (χ1) is 10.2. The highest BCUT2D eigenvalue weighted by Crippen LogP contribution is 2.35.